The summed E-state index contributed by atoms with van der Waals surface area (Å²) in [4.78, 5) is 11.4. The van der Waals surface area contributed by atoms with E-state index in [1.165, 1.54) is 19.3 Å². The van der Waals surface area contributed by atoms with Crippen molar-refractivity contribution in [2.24, 2.45) is 11.8 Å². The third-order valence-corrected chi connectivity index (χ3v) is 3.45. The van der Waals surface area contributed by atoms with Crippen molar-refractivity contribution in [2.45, 2.75) is 52.5 Å². The Labute approximate surface area is 115 Å². The molecule has 0 radical (unpaired) electrons. The monoisotopic (exact) mass is 263 g/mol. The Morgan fingerprint density at radius 3 is 2.68 bits per heavy atom. The third-order valence-electron chi connectivity index (χ3n) is 3.45. The topological polar surface area (TPSA) is 67.1 Å². The largest absolute Gasteiger partial charge is 0.353 e. The first-order valence-electron chi connectivity index (χ1n) is 7.25. The second kappa shape index (κ2) is 6.19. The fourth-order valence-electron chi connectivity index (χ4n) is 2.13. The van der Waals surface area contributed by atoms with Crippen molar-refractivity contribution in [3.8, 4) is 0 Å². The van der Waals surface area contributed by atoms with Gasteiger partial charge in [-0.05, 0) is 25.2 Å². The average molecular weight is 263 g/mol. The molecular formula is C14H25N5. The molecule has 0 atom stereocenters. The molecular weight excluding hydrogens is 238 g/mol. The molecule has 1 fully saturated rings. The van der Waals surface area contributed by atoms with E-state index in [0.717, 1.165) is 24.6 Å². The van der Waals surface area contributed by atoms with E-state index in [2.05, 4.69) is 41.1 Å². The molecule has 2 rings (SSSR count). The van der Waals surface area contributed by atoms with Gasteiger partial charge in [-0.15, -0.1) is 0 Å². The van der Waals surface area contributed by atoms with Crippen molar-refractivity contribution in [3.05, 3.63) is 11.9 Å². The van der Waals surface area contributed by atoms with E-state index < -0.39 is 0 Å². The molecule has 1 heterocycles. The van der Waals surface area contributed by atoms with Crippen LogP contribution >= 0.6 is 0 Å². The maximum atomic E-state index is 5.50. The summed E-state index contributed by atoms with van der Waals surface area (Å²) in [5.41, 5.74) is 2.64. The zero-order valence-corrected chi connectivity index (χ0v) is 12.2. The van der Waals surface area contributed by atoms with Gasteiger partial charge in [0.1, 0.15) is 17.5 Å². The molecule has 0 amide bonds. The minimum Gasteiger partial charge on any atom is -0.353 e. The van der Waals surface area contributed by atoms with E-state index in [1.54, 1.807) is 0 Å². The van der Waals surface area contributed by atoms with Crippen LogP contribution < -0.4 is 16.2 Å². The summed E-state index contributed by atoms with van der Waals surface area (Å²) < 4.78 is 0. The van der Waals surface area contributed by atoms with Crippen LogP contribution in [0.25, 0.3) is 0 Å². The van der Waals surface area contributed by atoms with Crippen molar-refractivity contribution < 1.29 is 0 Å². The summed E-state index contributed by atoms with van der Waals surface area (Å²) in [6, 6.07) is 2.61. The zero-order valence-electron chi connectivity index (χ0n) is 12.2. The number of nitrogen functional groups attached to an aromatic ring is 1. The maximum absolute atomic E-state index is 5.50. The average Bonchev–Trinajstić information content (AvgIpc) is 3.22. The number of hydrogen-bond donors (Lipinski definition) is 2. The standard InChI is InChI=1S/C14H25N5/c1-4-12-16-13(18-15)9-14(17-12)19(11-5-6-11)8-7-10(2)3/h9-11H,4-8,15H2,1-3H3,(H,16,17,18). The van der Waals surface area contributed by atoms with Gasteiger partial charge in [-0.25, -0.2) is 15.8 Å². The molecule has 0 unspecified atom stereocenters. The molecule has 0 bridgehead atoms. The van der Waals surface area contributed by atoms with Crippen LogP contribution in [0.1, 0.15) is 45.9 Å². The van der Waals surface area contributed by atoms with Gasteiger partial charge < -0.3 is 10.3 Å². The lowest BCUT2D eigenvalue weighted by atomic mass is 10.1. The molecule has 106 valence electrons. The van der Waals surface area contributed by atoms with Crippen LogP contribution in [0, 0.1) is 5.92 Å². The molecule has 1 aromatic rings. The van der Waals surface area contributed by atoms with Crippen molar-refractivity contribution >= 4 is 11.6 Å². The summed E-state index contributed by atoms with van der Waals surface area (Å²) in [6.45, 7) is 7.65. The highest BCUT2D eigenvalue weighted by Crippen LogP contribution is 2.32. The van der Waals surface area contributed by atoms with Crippen molar-refractivity contribution in [1.82, 2.24) is 9.97 Å². The molecule has 1 aliphatic rings. The first-order chi connectivity index (χ1) is 9.13. The lowest BCUT2D eigenvalue weighted by Gasteiger charge is -2.25. The summed E-state index contributed by atoms with van der Waals surface area (Å²) >= 11 is 0. The lowest BCUT2D eigenvalue weighted by Crippen LogP contribution is -2.29. The van der Waals surface area contributed by atoms with E-state index in [-0.39, 0.29) is 0 Å². The second-order valence-electron chi connectivity index (χ2n) is 5.63. The Hall–Kier alpha value is -1.36. The molecule has 0 aromatic carbocycles. The molecule has 1 aromatic heterocycles. The van der Waals surface area contributed by atoms with Crippen molar-refractivity contribution in [1.29, 1.82) is 0 Å². The van der Waals surface area contributed by atoms with Crippen LogP contribution in [0.15, 0.2) is 6.07 Å². The molecule has 0 saturated heterocycles. The zero-order chi connectivity index (χ0) is 13.8. The van der Waals surface area contributed by atoms with Gasteiger partial charge in [0.05, 0.1) is 0 Å². The summed E-state index contributed by atoms with van der Waals surface area (Å²) in [5.74, 6) is 8.78. The molecule has 0 aliphatic heterocycles. The Morgan fingerprint density at radius 2 is 2.16 bits per heavy atom. The molecule has 1 saturated carbocycles. The fourth-order valence-corrected chi connectivity index (χ4v) is 2.13. The highest BCUT2D eigenvalue weighted by Gasteiger charge is 2.30. The molecule has 19 heavy (non-hydrogen) atoms. The van der Waals surface area contributed by atoms with Gasteiger partial charge in [-0.1, -0.05) is 20.8 Å². The first kappa shape index (κ1) is 14.1. The molecule has 1 aliphatic carbocycles. The third kappa shape index (κ3) is 3.80. The smallest absolute Gasteiger partial charge is 0.145 e. The minimum absolute atomic E-state index is 0.656. The van der Waals surface area contributed by atoms with Gasteiger partial charge in [0, 0.05) is 25.1 Å². The van der Waals surface area contributed by atoms with Crippen molar-refractivity contribution in [3.63, 3.8) is 0 Å². The normalized spacial score (nSPS) is 14.8. The van der Waals surface area contributed by atoms with Crippen LogP contribution in [-0.2, 0) is 6.42 Å². The first-order valence-corrected chi connectivity index (χ1v) is 7.25. The minimum atomic E-state index is 0.656. The van der Waals surface area contributed by atoms with Gasteiger partial charge in [-0.2, -0.15) is 0 Å². The van der Waals surface area contributed by atoms with E-state index >= 15 is 0 Å². The van der Waals surface area contributed by atoms with E-state index in [0.29, 0.717) is 17.8 Å². The van der Waals surface area contributed by atoms with E-state index in [1.807, 2.05) is 6.07 Å². The number of aromatic nitrogens is 2. The summed E-state index contributed by atoms with van der Waals surface area (Å²) in [7, 11) is 0. The van der Waals surface area contributed by atoms with Gasteiger partial charge in [-0.3, -0.25) is 0 Å². The molecule has 3 N–H and O–H groups in total. The van der Waals surface area contributed by atoms with E-state index in [4.69, 9.17) is 5.84 Å². The van der Waals surface area contributed by atoms with Crippen LogP contribution in [0.2, 0.25) is 0 Å². The summed E-state index contributed by atoms with van der Waals surface area (Å²) in [6.07, 6.45) is 4.56. The Kier molecular flexibility index (Phi) is 4.58. The number of aryl methyl sites for hydroxylation is 1. The number of hydrazine groups is 1. The fraction of sp³-hybridized carbons (Fsp3) is 0.714. The molecule has 0 spiro atoms. The quantitative estimate of drug-likeness (QED) is 0.584. The predicted molar refractivity (Wildman–Crippen MR) is 79.0 cm³/mol. The van der Waals surface area contributed by atoms with E-state index in [9.17, 15) is 0 Å². The van der Waals surface area contributed by atoms with Crippen LogP contribution in [0.3, 0.4) is 0 Å². The number of anilines is 2. The number of rotatable bonds is 7. The Balaban J connectivity index is 2.19. The predicted octanol–water partition coefficient (Wildman–Crippen LogP) is 2.34. The van der Waals surface area contributed by atoms with Gasteiger partial charge >= 0.3 is 0 Å². The summed E-state index contributed by atoms with van der Waals surface area (Å²) in [5, 5.41) is 0. The SMILES string of the molecule is CCc1nc(NN)cc(N(CCC(C)C)C2CC2)n1. The number of nitrogens with one attached hydrogen (secondary N) is 1. The molecule has 5 nitrogen and oxygen atoms in total. The van der Waals surface area contributed by atoms with Crippen LogP contribution in [0.5, 0.6) is 0 Å². The lowest BCUT2D eigenvalue weighted by molar-refractivity contribution is 0.568. The number of nitrogens with two attached hydrogens (primary N) is 1. The van der Waals surface area contributed by atoms with Crippen LogP contribution in [-0.4, -0.2) is 22.6 Å². The highest BCUT2D eigenvalue weighted by molar-refractivity contribution is 5.50. The Morgan fingerprint density at radius 1 is 1.42 bits per heavy atom. The van der Waals surface area contributed by atoms with Crippen molar-refractivity contribution in [2.75, 3.05) is 16.9 Å². The second-order valence-corrected chi connectivity index (χ2v) is 5.63. The number of nitrogens with zero attached hydrogens (tertiary/aromatic N) is 3. The maximum Gasteiger partial charge on any atom is 0.145 e. The van der Waals surface area contributed by atoms with Crippen LogP contribution in [0.4, 0.5) is 11.6 Å². The van der Waals surface area contributed by atoms with Gasteiger partial charge in [0.15, 0.2) is 0 Å². The van der Waals surface area contributed by atoms with Gasteiger partial charge in [0.2, 0.25) is 0 Å². The number of hydrogen-bond acceptors (Lipinski definition) is 5. The molecule has 5 heteroatoms. The van der Waals surface area contributed by atoms with Gasteiger partial charge in [0.25, 0.3) is 0 Å². The Bertz CT molecular complexity index is 392. The highest BCUT2D eigenvalue weighted by atomic mass is 15.3.